The lowest BCUT2D eigenvalue weighted by Crippen LogP contribution is -2.38. The van der Waals surface area contributed by atoms with Gasteiger partial charge in [0.1, 0.15) is 0 Å². The number of rotatable bonds is 11. The minimum absolute atomic E-state index is 0.0268. The first kappa shape index (κ1) is 26.6. The normalized spacial score (nSPS) is 16.9. The molecule has 0 radical (unpaired) electrons. The molecule has 0 saturated carbocycles. The maximum Gasteiger partial charge on any atom is 0.251 e. The predicted octanol–water partition coefficient (Wildman–Crippen LogP) is 4.64. The minimum atomic E-state index is -0.0268. The molecule has 38 heavy (non-hydrogen) atoms. The lowest BCUT2D eigenvalue weighted by atomic mass is 10.1. The van der Waals surface area contributed by atoms with Crippen LogP contribution >= 0.6 is 0 Å². The monoisotopic (exact) mass is 515 g/mol. The van der Waals surface area contributed by atoms with Crippen LogP contribution in [0.2, 0.25) is 0 Å². The fraction of sp³-hybridized carbons (Fsp3) is 0.484. The van der Waals surface area contributed by atoms with Crippen LogP contribution in [-0.4, -0.2) is 86.3 Å². The van der Waals surface area contributed by atoms with Crippen LogP contribution in [0.15, 0.2) is 54.6 Å². The van der Waals surface area contributed by atoms with Gasteiger partial charge in [-0.05, 0) is 76.1 Å². The summed E-state index contributed by atoms with van der Waals surface area (Å²) in [6, 6.07) is 18.2. The first-order valence-electron chi connectivity index (χ1n) is 14.3. The third-order valence-electron chi connectivity index (χ3n) is 7.61. The van der Waals surface area contributed by atoms with E-state index >= 15 is 0 Å². The van der Waals surface area contributed by atoms with Crippen molar-refractivity contribution in [2.75, 3.05) is 70.9 Å². The molecule has 2 aliphatic rings. The summed E-state index contributed by atoms with van der Waals surface area (Å²) in [5.41, 5.74) is 4.70. The number of pyridine rings is 1. The minimum Gasteiger partial charge on any atom is -0.384 e. The van der Waals surface area contributed by atoms with E-state index in [0.29, 0.717) is 12.1 Å². The zero-order chi connectivity index (χ0) is 26.0. The highest BCUT2D eigenvalue weighted by molar-refractivity contribution is 5.96. The smallest absolute Gasteiger partial charge is 0.251 e. The number of nitrogens with zero attached hydrogens (tertiary/aromatic N) is 3. The molecular weight excluding hydrogens is 474 g/mol. The molecule has 2 N–H and O–H groups in total. The Hall–Kier alpha value is -3.00. The fourth-order valence-corrected chi connectivity index (χ4v) is 5.40. The number of amides is 1. The molecule has 7 nitrogen and oxygen atoms in total. The highest BCUT2D eigenvalue weighted by atomic mass is 16.5. The van der Waals surface area contributed by atoms with Gasteiger partial charge in [0, 0.05) is 48.4 Å². The fourth-order valence-electron chi connectivity index (χ4n) is 5.40. The summed E-state index contributed by atoms with van der Waals surface area (Å²) in [4.78, 5) is 22.6. The van der Waals surface area contributed by atoms with Gasteiger partial charge >= 0.3 is 0 Å². The molecule has 0 atom stereocenters. The number of carbonyl (C=O) groups is 1. The summed E-state index contributed by atoms with van der Waals surface area (Å²) in [6.45, 7) is 9.82. The second-order valence-electron chi connectivity index (χ2n) is 10.4. The van der Waals surface area contributed by atoms with E-state index in [1.54, 1.807) is 0 Å². The number of hydrogen-bond acceptors (Lipinski definition) is 6. The zero-order valence-corrected chi connectivity index (χ0v) is 22.5. The van der Waals surface area contributed by atoms with Crippen LogP contribution in [0.5, 0.6) is 0 Å². The van der Waals surface area contributed by atoms with E-state index in [0.717, 1.165) is 86.6 Å². The quantitative estimate of drug-likeness (QED) is 0.363. The van der Waals surface area contributed by atoms with Crippen LogP contribution in [0.25, 0.3) is 22.2 Å². The van der Waals surface area contributed by atoms with Crippen molar-refractivity contribution < 1.29 is 9.53 Å². The van der Waals surface area contributed by atoms with E-state index in [2.05, 4.69) is 44.7 Å². The number of nitrogens with one attached hydrogen (secondary N) is 2. The van der Waals surface area contributed by atoms with Gasteiger partial charge in [0.2, 0.25) is 0 Å². The van der Waals surface area contributed by atoms with Crippen molar-refractivity contribution in [1.82, 2.24) is 20.1 Å². The van der Waals surface area contributed by atoms with Crippen LogP contribution in [0.1, 0.15) is 42.5 Å². The molecule has 1 aromatic heterocycles. The highest BCUT2D eigenvalue weighted by Crippen LogP contribution is 2.28. The first-order valence-corrected chi connectivity index (χ1v) is 14.3. The Morgan fingerprint density at radius 2 is 1.55 bits per heavy atom. The number of piperidine rings is 1. The Bertz CT molecular complexity index is 1170. The molecule has 3 aromatic rings. The standard InChI is InChI=1S/C31H41N5O2/c37-31(33-15-7-19-36-20-22-38-23-21-36)26-12-10-25(11-13-26)29-24-30(27-8-2-3-9-28(27)34-29)32-14-6-18-35-16-4-1-5-17-35/h2-3,8-13,24H,1,4-7,14-23H2,(H,32,34)(H,33,37). The average Bonchev–Trinajstić information content (AvgIpc) is 2.98. The van der Waals surface area contributed by atoms with Crippen molar-refractivity contribution >= 4 is 22.5 Å². The SMILES string of the molecule is O=C(NCCCN1CCOCC1)c1ccc(-c2cc(NCCCN3CCCCC3)c3ccccc3n2)cc1. The Kier molecular flexibility index (Phi) is 9.59. The summed E-state index contributed by atoms with van der Waals surface area (Å²) in [5, 5.41) is 7.88. The summed E-state index contributed by atoms with van der Waals surface area (Å²) < 4.78 is 5.39. The number of aromatic nitrogens is 1. The van der Waals surface area contributed by atoms with E-state index < -0.39 is 0 Å². The number of fused-ring (bicyclic) bond motifs is 1. The lowest BCUT2D eigenvalue weighted by molar-refractivity contribution is 0.0374. The molecule has 7 heteroatoms. The number of hydrogen-bond donors (Lipinski definition) is 2. The van der Waals surface area contributed by atoms with Gasteiger partial charge in [0.05, 0.1) is 24.4 Å². The van der Waals surface area contributed by atoms with Gasteiger partial charge in [0.25, 0.3) is 5.91 Å². The number of benzene rings is 2. The molecule has 0 spiro atoms. The van der Waals surface area contributed by atoms with Crippen LogP contribution in [0.4, 0.5) is 5.69 Å². The second kappa shape index (κ2) is 13.7. The molecule has 0 aliphatic carbocycles. The average molecular weight is 516 g/mol. The molecule has 0 unspecified atom stereocenters. The molecule has 2 aromatic carbocycles. The number of likely N-dealkylation sites (tertiary alicyclic amines) is 1. The van der Waals surface area contributed by atoms with Crippen molar-refractivity contribution in [1.29, 1.82) is 0 Å². The molecular formula is C31H41N5O2. The topological polar surface area (TPSA) is 69.7 Å². The zero-order valence-electron chi connectivity index (χ0n) is 22.5. The number of anilines is 1. The number of ether oxygens (including phenoxy) is 1. The molecule has 2 fully saturated rings. The Morgan fingerprint density at radius 1 is 0.842 bits per heavy atom. The van der Waals surface area contributed by atoms with Crippen LogP contribution < -0.4 is 10.6 Å². The molecule has 3 heterocycles. The van der Waals surface area contributed by atoms with Crippen molar-refractivity contribution in [2.45, 2.75) is 32.1 Å². The van der Waals surface area contributed by atoms with Gasteiger partial charge in [-0.2, -0.15) is 0 Å². The van der Waals surface area contributed by atoms with Crippen molar-refractivity contribution in [2.24, 2.45) is 0 Å². The van der Waals surface area contributed by atoms with Gasteiger partial charge in [-0.1, -0.05) is 36.8 Å². The number of morpholine rings is 1. The van der Waals surface area contributed by atoms with E-state index in [-0.39, 0.29) is 5.91 Å². The van der Waals surface area contributed by atoms with Gasteiger partial charge in [-0.15, -0.1) is 0 Å². The molecule has 202 valence electrons. The third kappa shape index (κ3) is 7.31. The van der Waals surface area contributed by atoms with Gasteiger partial charge in [-0.25, -0.2) is 4.98 Å². The predicted molar refractivity (Wildman–Crippen MR) is 155 cm³/mol. The van der Waals surface area contributed by atoms with Crippen LogP contribution in [0, 0.1) is 0 Å². The Morgan fingerprint density at radius 3 is 2.34 bits per heavy atom. The van der Waals surface area contributed by atoms with E-state index in [9.17, 15) is 4.79 Å². The summed E-state index contributed by atoms with van der Waals surface area (Å²) >= 11 is 0. The Balaban J connectivity index is 1.18. The number of carbonyl (C=O) groups excluding carboxylic acids is 1. The van der Waals surface area contributed by atoms with Gasteiger partial charge in [0.15, 0.2) is 0 Å². The van der Waals surface area contributed by atoms with Crippen LogP contribution in [0.3, 0.4) is 0 Å². The third-order valence-corrected chi connectivity index (χ3v) is 7.61. The first-order chi connectivity index (χ1) is 18.8. The van der Waals surface area contributed by atoms with Gasteiger partial charge in [-0.3, -0.25) is 9.69 Å². The van der Waals surface area contributed by atoms with E-state index in [1.165, 1.54) is 32.4 Å². The highest BCUT2D eigenvalue weighted by Gasteiger charge is 2.12. The summed E-state index contributed by atoms with van der Waals surface area (Å²) in [7, 11) is 0. The molecule has 0 bridgehead atoms. The van der Waals surface area contributed by atoms with Crippen molar-refractivity contribution in [3.05, 3.63) is 60.2 Å². The molecule has 1 amide bonds. The van der Waals surface area contributed by atoms with Crippen molar-refractivity contribution in [3.8, 4) is 11.3 Å². The molecule has 2 aliphatic heterocycles. The van der Waals surface area contributed by atoms with Crippen molar-refractivity contribution in [3.63, 3.8) is 0 Å². The maximum absolute atomic E-state index is 12.7. The van der Waals surface area contributed by atoms with Crippen LogP contribution in [-0.2, 0) is 4.74 Å². The van der Waals surface area contributed by atoms with E-state index in [1.807, 2.05) is 30.3 Å². The molecule has 5 rings (SSSR count). The largest absolute Gasteiger partial charge is 0.384 e. The Labute approximate surface area is 226 Å². The second-order valence-corrected chi connectivity index (χ2v) is 10.4. The molecule has 2 saturated heterocycles. The lowest BCUT2D eigenvalue weighted by Gasteiger charge is -2.26. The maximum atomic E-state index is 12.7. The van der Waals surface area contributed by atoms with Gasteiger partial charge < -0.3 is 20.3 Å². The summed E-state index contributed by atoms with van der Waals surface area (Å²) in [5.74, 6) is -0.0268. The summed E-state index contributed by atoms with van der Waals surface area (Å²) in [6.07, 6.45) is 6.12. The van der Waals surface area contributed by atoms with E-state index in [4.69, 9.17) is 9.72 Å². The number of para-hydroxylation sites is 1.